The molecule has 1 amide bonds. The van der Waals surface area contributed by atoms with Crippen molar-refractivity contribution >= 4 is 34.4 Å². The molecule has 0 atom stereocenters. The highest BCUT2D eigenvalue weighted by Crippen LogP contribution is 2.24. The Morgan fingerprint density at radius 3 is 2.13 bits per heavy atom. The van der Waals surface area contributed by atoms with Gasteiger partial charge in [-0.3, -0.25) is 4.79 Å². The maximum absolute atomic E-state index is 13.0. The van der Waals surface area contributed by atoms with Crippen molar-refractivity contribution in [1.29, 1.82) is 0 Å². The molecule has 0 unspecified atom stereocenters. The number of anilines is 1. The molecule has 0 fully saturated rings. The minimum absolute atomic E-state index is 0.101. The molecule has 166 valence electrons. The van der Waals surface area contributed by atoms with Gasteiger partial charge in [0, 0.05) is 16.2 Å². The Kier molecular flexibility index (Phi) is 11.9. The summed E-state index contributed by atoms with van der Waals surface area (Å²) in [6.45, 7) is 4.48. The molecule has 4 heteroatoms. The third kappa shape index (κ3) is 8.67. The van der Waals surface area contributed by atoms with Crippen LogP contribution in [-0.4, -0.2) is 17.1 Å². The molecule has 30 heavy (non-hydrogen) atoms. The van der Waals surface area contributed by atoms with Crippen LogP contribution in [0.5, 0.6) is 0 Å². The Balaban J connectivity index is 1.95. The molecule has 1 heterocycles. The highest BCUT2D eigenvalue weighted by molar-refractivity contribution is 7.98. The second kappa shape index (κ2) is 14.5. The number of nitrogens with zero attached hydrogens (tertiary/aromatic N) is 1. The molecule has 3 nitrogen and oxygen atoms in total. The van der Waals surface area contributed by atoms with Crippen molar-refractivity contribution in [3.63, 3.8) is 0 Å². The van der Waals surface area contributed by atoms with Gasteiger partial charge >= 0.3 is 0 Å². The van der Waals surface area contributed by atoms with Gasteiger partial charge in [0.1, 0.15) is 5.82 Å². The van der Waals surface area contributed by atoms with Gasteiger partial charge < -0.3 is 5.32 Å². The molecule has 1 aromatic heterocycles. The summed E-state index contributed by atoms with van der Waals surface area (Å²) in [5, 5.41) is 4.23. The smallest absolute Gasteiger partial charge is 0.228 e. The zero-order valence-electron chi connectivity index (χ0n) is 19.2. The van der Waals surface area contributed by atoms with Gasteiger partial charge in [0.2, 0.25) is 5.91 Å². The van der Waals surface area contributed by atoms with Crippen molar-refractivity contribution in [2.75, 3.05) is 11.6 Å². The lowest BCUT2D eigenvalue weighted by Crippen LogP contribution is -2.23. The summed E-state index contributed by atoms with van der Waals surface area (Å²) in [5.74, 6) is 0.921. The highest BCUT2D eigenvalue weighted by Gasteiger charge is 2.18. The maximum Gasteiger partial charge on any atom is 0.228 e. The SMILES string of the molecule is CCCCCCCC(CCCCCCC)C(=O)Nc1ccc2cc(SC)ccc2n1. The predicted molar refractivity (Wildman–Crippen MR) is 132 cm³/mol. The van der Waals surface area contributed by atoms with Gasteiger partial charge in [-0.25, -0.2) is 4.98 Å². The van der Waals surface area contributed by atoms with Gasteiger partial charge in [-0.05, 0) is 49.4 Å². The van der Waals surface area contributed by atoms with E-state index in [1.165, 1.54) is 56.3 Å². The number of unbranched alkanes of at least 4 members (excludes halogenated alkanes) is 8. The van der Waals surface area contributed by atoms with E-state index in [0.717, 1.165) is 36.6 Å². The summed E-state index contributed by atoms with van der Waals surface area (Å²) < 4.78 is 0. The minimum atomic E-state index is 0.101. The molecule has 1 N–H and O–H groups in total. The second-order valence-electron chi connectivity index (χ2n) is 8.35. The van der Waals surface area contributed by atoms with E-state index < -0.39 is 0 Å². The van der Waals surface area contributed by atoms with Crippen molar-refractivity contribution in [1.82, 2.24) is 4.98 Å². The fourth-order valence-electron chi connectivity index (χ4n) is 3.92. The summed E-state index contributed by atoms with van der Waals surface area (Å²) in [4.78, 5) is 18.9. The molecular formula is C26H40N2OS. The molecule has 0 radical (unpaired) electrons. The number of carbonyl (C=O) groups excluding carboxylic acids is 1. The molecule has 0 aliphatic carbocycles. The van der Waals surface area contributed by atoms with Gasteiger partial charge in [0.25, 0.3) is 0 Å². The standard InChI is InChI=1S/C26H40N2OS/c1-4-6-8-10-12-14-21(15-13-11-9-7-5-2)26(29)28-25-19-16-22-20-23(30-3)17-18-24(22)27-25/h16-21H,4-15H2,1-3H3,(H,27,28,29). The Morgan fingerprint density at radius 2 is 1.53 bits per heavy atom. The van der Waals surface area contributed by atoms with E-state index in [4.69, 9.17) is 0 Å². The topological polar surface area (TPSA) is 42.0 Å². The average Bonchev–Trinajstić information content (AvgIpc) is 2.76. The van der Waals surface area contributed by atoms with E-state index in [0.29, 0.717) is 5.82 Å². The van der Waals surface area contributed by atoms with Crippen LogP contribution >= 0.6 is 11.8 Å². The number of aromatic nitrogens is 1. The van der Waals surface area contributed by atoms with Crippen molar-refractivity contribution in [2.24, 2.45) is 5.92 Å². The largest absolute Gasteiger partial charge is 0.310 e. The molecule has 0 aliphatic heterocycles. The van der Waals surface area contributed by atoms with Crippen LogP contribution in [0.1, 0.15) is 90.9 Å². The number of hydrogen-bond acceptors (Lipinski definition) is 3. The summed E-state index contributed by atoms with van der Waals surface area (Å²) in [6.07, 6.45) is 16.5. The fraction of sp³-hybridized carbons (Fsp3) is 0.615. The Labute approximate surface area is 187 Å². The number of nitrogens with one attached hydrogen (secondary N) is 1. The number of fused-ring (bicyclic) bond motifs is 1. The Bertz CT molecular complexity index is 748. The molecular weight excluding hydrogens is 388 g/mol. The summed E-state index contributed by atoms with van der Waals surface area (Å²) in [7, 11) is 0. The van der Waals surface area contributed by atoms with E-state index in [1.807, 2.05) is 12.1 Å². The number of rotatable bonds is 15. The average molecular weight is 429 g/mol. The molecule has 2 aromatic rings. The first-order valence-electron chi connectivity index (χ1n) is 11.9. The van der Waals surface area contributed by atoms with Crippen molar-refractivity contribution in [2.45, 2.75) is 95.8 Å². The number of benzene rings is 1. The lowest BCUT2D eigenvalue weighted by Gasteiger charge is -2.17. The van der Waals surface area contributed by atoms with Crippen molar-refractivity contribution in [3.05, 3.63) is 30.3 Å². The van der Waals surface area contributed by atoms with Crippen LogP contribution in [0, 0.1) is 5.92 Å². The maximum atomic E-state index is 13.0. The first kappa shape index (κ1) is 24.7. The summed E-state index contributed by atoms with van der Waals surface area (Å²) >= 11 is 1.73. The second-order valence-corrected chi connectivity index (χ2v) is 9.23. The van der Waals surface area contributed by atoms with Crippen LogP contribution in [0.2, 0.25) is 0 Å². The predicted octanol–water partition coefficient (Wildman–Crippen LogP) is 8.23. The fourth-order valence-corrected chi connectivity index (χ4v) is 4.37. The normalized spacial score (nSPS) is 11.3. The Morgan fingerprint density at radius 1 is 0.900 bits per heavy atom. The summed E-state index contributed by atoms with van der Waals surface area (Å²) in [6, 6.07) is 10.3. The molecule has 1 aromatic carbocycles. The molecule has 0 aliphatic rings. The van der Waals surface area contributed by atoms with Gasteiger partial charge in [-0.1, -0.05) is 78.1 Å². The number of carbonyl (C=O) groups is 1. The molecule has 0 bridgehead atoms. The highest BCUT2D eigenvalue weighted by atomic mass is 32.2. The molecule has 2 rings (SSSR count). The van der Waals surface area contributed by atoms with Crippen molar-refractivity contribution in [3.8, 4) is 0 Å². The van der Waals surface area contributed by atoms with E-state index in [2.05, 4.69) is 48.6 Å². The minimum Gasteiger partial charge on any atom is -0.310 e. The number of amides is 1. The van der Waals surface area contributed by atoms with E-state index >= 15 is 0 Å². The first-order chi connectivity index (χ1) is 14.7. The number of thioether (sulfide) groups is 1. The van der Waals surface area contributed by atoms with Gasteiger partial charge in [0.05, 0.1) is 5.52 Å². The van der Waals surface area contributed by atoms with E-state index in [1.54, 1.807) is 11.8 Å². The van der Waals surface area contributed by atoms with Crippen LogP contribution in [0.4, 0.5) is 5.82 Å². The lowest BCUT2D eigenvalue weighted by atomic mass is 9.93. The van der Waals surface area contributed by atoms with Crippen LogP contribution in [0.25, 0.3) is 10.9 Å². The summed E-state index contributed by atoms with van der Waals surface area (Å²) in [5.41, 5.74) is 0.932. The zero-order valence-corrected chi connectivity index (χ0v) is 20.0. The number of pyridine rings is 1. The molecule has 0 spiro atoms. The van der Waals surface area contributed by atoms with E-state index in [9.17, 15) is 4.79 Å². The zero-order chi connectivity index (χ0) is 21.6. The van der Waals surface area contributed by atoms with E-state index in [-0.39, 0.29) is 11.8 Å². The molecule has 0 saturated carbocycles. The van der Waals surface area contributed by atoms with Gasteiger partial charge in [0.15, 0.2) is 0 Å². The third-order valence-corrected chi connectivity index (χ3v) is 6.56. The van der Waals surface area contributed by atoms with Crippen LogP contribution in [0.3, 0.4) is 0 Å². The van der Waals surface area contributed by atoms with Crippen LogP contribution in [0.15, 0.2) is 35.2 Å². The number of hydrogen-bond donors (Lipinski definition) is 1. The third-order valence-electron chi connectivity index (χ3n) is 5.83. The van der Waals surface area contributed by atoms with Crippen LogP contribution in [-0.2, 0) is 4.79 Å². The first-order valence-corrected chi connectivity index (χ1v) is 13.2. The lowest BCUT2D eigenvalue weighted by molar-refractivity contribution is -0.120. The monoisotopic (exact) mass is 428 g/mol. The Hall–Kier alpha value is -1.55. The quantitative estimate of drug-likeness (QED) is 0.229. The van der Waals surface area contributed by atoms with Crippen LogP contribution < -0.4 is 5.32 Å². The van der Waals surface area contributed by atoms with Gasteiger partial charge in [-0.15, -0.1) is 11.8 Å². The molecule has 0 saturated heterocycles. The van der Waals surface area contributed by atoms with Gasteiger partial charge in [-0.2, -0.15) is 0 Å². The van der Waals surface area contributed by atoms with Crippen molar-refractivity contribution < 1.29 is 4.79 Å².